The highest BCUT2D eigenvalue weighted by molar-refractivity contribution is 5.75. The molecule has 15 N–H and O–H groups in total. The van der Waals surface area contributed by atoms with Crippen LogP contribution in [0.15, 0.2) is 29.3 Å². The first-order valence-corrected chi connectivity index (χ1v) is 15.0. The third-order valence-corrected chi connectivity index (χ3v) is 6.92. The number of rotatable bonds is 25. The molecule has 0 aliphatic carbocycles. The summed E-state index contributed by atoms with van der Waals surface area (Å²) in [7, 11) is 0. The van der Waals surface area contributed by atoms with Crippen molar-refractivity contribution in [2.24, 2.45) is 16.5 Å². The molecule has 254 valence electrons. The number of aliphatic hydroxyl groups is 11. The van der Waals surface area contributed by atoms with Crippen LogP contribution in [0.4, 0.5) is 0 Å². The lowest BCUT2D eigenvalue weighted by atomic mass is 9.95. The van der Waals surface area contributed by atoms with Gasteiger partial charge >= 0.3 is 0 Å². The molecular weight excluding hydrogens is 566 g/mol. The van der Waals surface area contributed by atoms with Gasteiger partial charge in [-0.3, -0.25) is 4.99 Å². The molecule has 0 aliphatic heterocycles. The summed E-state index contributed by atoms with van der Waals surface area (Å²) in [5.74, 6) is -0.0587. The molecule has 43 heavy (non-hydrogen) atoms. The average Bonchev–Trinajstić information content (AvgIpc) is 2.89. The van der Waals surface area contributed by atoms with Crippen LogP contribution in [0.5, 0.6) is 0 Å². The lowest BCUT2D eigenvalue weighted by Gasteiger charge is -2.26. The minimum atomic E-state index is -1.65. The predicted octanol–water partition coefficient (Wildman–Crippen LogP) is -2.35. The number of hydrogen-bond acceptors (Lipinski definition) is 12. The van der Waals surface area contributed by atoms with Crippen LogP contribution in [0.1, 0.15) is 77.6 Å². The van der Waals surface area contributed by atoms with Gasteiger partial charge in [-0.1, -0.05) is 31.2 Å². The zero-order valence-electron chi connectivity index (χ0n) is 25.2. The van der Waals surface area contributed by atoms with Crippen LogP contribution >= 0.6 is 0 Å². The molecule has 0 aromatic heterocycles. The minimum Gasteiger partial charge on any atom is -0.393 e. The highest BCUT2D eigenvalue weighted by Crippen LogP contribution is 2.17. The molecule has 11 unspecified atom stereocenters. The summed E-state index contributed by atoms with van der Waals surface area (Å²) in [6, 6.07) is 0. The highest BCUT2D eigenvalue weighted by Gasteiger charge is 2.28. The van der Waals surface area contributed by atoms with Crippen LogP contribution in [0.25, 0.3) is 0 Å². The van der Waals surface area contributed by atoms with Gasteiger partial charge in [0.2, 0.25) is 0 Å². The zero-order chi connectivity index (χ0) is 32.9. The second-order valence-electron chi connectivity index (χ2n) is 11.3. The molecule has 0 bridgehead atoms. The molecule has 0 aromatic carbocycles. The Hall–Kier alpha value is -1.69. The summed E-state index contributed by atoms with van der Waals surface area (Å²) in [5, 5.41) is 110. The molecule has 0 amide bonds. The monoisotopic (exact) mass is 623 g/mol. The molecule has 11 atom stereocenters. The summed E-state index contributed by atoms with van der Waals surface area (Å²) >= 11 is 0. The molecule has 0 fully saturated rings. The maximum absolute atomic E-state index is 10.2. The third-order valence-electron chi connectivity index (χ3n) is 6.92. The lowest BCUT2D eigenvalue weighted by Crippen LogP contribution is -2.41. The van der Waals surface area contributed by atoms with Crippen molar-refractivity contribution < 1.29 is 56.2 Å². The third kappa shape index (κ3) is 22.5. The molecule has 14 heteroatoms. The number of hydrogen-bond donors (Lipinski definition) is 13. The summed E-state index contributed by atoms with van der Waals surface area (Å²) in [6.07, 6.45) is -5.40. The zero-order valence-corrected chi connectivity index (χ0v) is 25.2. The fourth-order valence-corrected chi connectivity index (χ4v) is 4.43. The molecule has 0 saturated carbocycles. The molecule has 0 spiro atoms. The first-order chi connectivity index (χ1) is 20.1. The molecule has 14 nitrogen and oxygen atoms in total. The SMILES string of the molecule is CCC(O)CC(O)/C=C/CC(O)CC(O)CC(O)/C=C/CC(O)CC(O)C(O)C(O)CC(O)CC(O)CCCN=C(N)N. The molecular formula is C29H57N3O11. The number of aliphatic hydroxyl groups excluding tert-OH is 11. The topological polar surface area (TPSA) is 287 Å². The van der Waals surface area contributed by atoms with Crippen LogP contribution in [-0.2, 0) is 0 Å². The quantitative estimate of drug-likeness (QED) is 0.0220. The van der Waals surface area contributed by atoms with Crippen molar-refractivity contribution in [1.29, 1.82) is 0 Å². The van der Waals surface area contributed by atoms with Crippen molar-refractivity contribution in [2.75, 3.05) is 6.54 Å². The van der Waals surface area contributed by atoms with Crippen molar-refractivity contribution in [3.63, 3.8) is 0 Å². The van der Waals surface area contributed by atoms with Crippen molar-refractivity contribution in [3.05, 3.63) is 24.3 Å². The Morgan fingerprint density at radius 1 is 0.581 bits per heavy atom. The van der Waals surface area contributed by atoms with Gasteiger partial charge in [0.15, 0.2) is 5.96 Å². The number of guanidine groups is 1. The maximum atomic E-state index is 10.2. The Morgan fingerprint density at radius 2 is 1.02 bits per heavy atom. The van der Waals surface area contributed by atoms with Gasteiger partial charge in [-0.05, 0) is 44.9 Å². The lowest BCUT2D eigenvalue weighted by molar-refractivity contribution is -0.0875. The normalized spacial score (nSPS) is 20.2. The Kier molecular flexibility index (Phi) is 22.7. The van der Waals surface area contributed by atoms with Gasteiger partial charge in [0, 0.05) is 32.2 Å². The van der Waals surface area contributed by atoms with Gasteiger partial charge in [0.25, 0.3) is 0 Å². The van der Waals surface area contributed by atoms with E-state index in [9.17, 15) is 56.2 Å². The minimum absolute atomic E-state index is 0.00414. The first-order valence-electron chi connectivity index (χ1n) is 15.0. The van der Waals surface area contributed by atoms with E-state index < -0.39 is 67.1 Å². The average molecular weight is 624 g/mol. The van der Waals surface area contributed by atoms with E-state index in [0.29, 0.717) is 25.8 Å². The number of nitrogens with zero attached hydrogens (tertiary/aromatic N) is 1. The van der Waals surface area contributed by atoms with E-state index >= 15 is 0 Å². The van der Waals surface area contributed by atoms with Crippen LogP contribution in [0, 0.1) is 0 Å². The summed E-state index contributed by atoms with van der Waals surface area (Å²) < 4.78 is 0. The maximum Gasteiger partial charge on any atom is 0.185 e. The second-order valence-corrected chi connectivity index (χ2v) is 11.3. The smallest absolute Gasteiger partial charge is 0.185 e. The number of nitrogens with two attached hydrogens (primary N) is 2. The second kappa shape index (κ2) is 23.7. The van der Waals surface area contributed by atoms with Crippen molar-refractivity contribution >= 4 is 5.96 Å². The van der Waals surface area contributed by atoms with Crippen LogP contribution in [0.3, 0.4) is 0 Å². The van der Waals surface area contributed by atoms with Crippen molar-refractivity contribution in [2.45, 2.75) is 145 Å². The molecule has 0 heterocycles. The predicted molar refractivity (Wildman–Crippen MR) is 161 cm³/mol. The summed E-state index contributed by atoms with van der Waals surface area (Å²) in [4.78, 5) is 3.79. The first kappa shape index (κ1) is 41.3. The van der Waals surface area contributed by atoms with E-state index in [4.69, 9.17) is 11.5 Å². The molecule has 0 radical (unpaired) electrons. The van der Waals surface area contributed by atoms with Crippen LogP contribution < -0.4 is 11.5 Å². The van der Waals surface area contributed by atoms with Gasteiger partial charge in [-0.15, -0.1) is 0 Å². The number of aliphatic imine (C=N–C) groups is 1. The highest BCUT2D eigenvalue weighted by atomic mass is 16.4. The van der Waals surface area contributed by atoms with Crippen LogP contribution in [0.2, 0.25) is 0 Å². The van der Waals surface area contributed by atoms with E-state index in [2.05, 4.69) is 4.99 Å². The van der Waals surface area contributed by atoms with Gasteiger partial charge in [-0.2, -0.15) is 0 Å². The Balaban J connectivity index is 4.35. The van der Waals surface area contributed by atoms with Gasteiger partial charge in [0.05, 0.1) is 61.0 Å². The standard InChI is InChI=1S/C29H57N3O11/c1-2-18(33)12-19(34)6-3-7-20(35)13-24(39)14-21(36)8-4-9-23(38)16-26(41)28(43)27(42)17-25(40)15-22(37)10-5-11-32-29(30)31/h3-4,6,8,18-28,33-43H,2,5,7,9-17H2,1H3,(H4,30,31,32)/b6-3+,8-4+. The van der Waals surface area contributed by atoms with E-state index in [1.54, 1.807) is 13.0 Å². The Morgan fingerprint density at radius 3 is 1.53 bits per heavy atom. The van der Waals surface area contributed by atoms with Gasteiger partial charge in [-0.25, -0.2) is 0 Å². The van der Waals surface area contributed by atoms with Crippen LogP contribution in [-0.4, -0.2) is 136 Å². The van der Waals surface area contributed by atoms with Crippen molar-refractivity contribution in [3.8, 4) is 0 Å². The largest absolute Gasteiger partial charge is 0.393 e. The van der Waals surface area contributed by atoms with Gasteiger partial charge < -0.3 is 67.6 Å². The fourth-order valence-electron chi connectivity index (χ4n) is 4.43. The molecule has 0 aliphatic rings. The van der Waals surface area contributed by atoms with Gasteiger partial charge in [0.1, 0.15) is 6.10 Å². The van der Waals surface area contributed by atoms with Crippen molar-refractivity contribution in [1.82, 2.24) is 0 Å². The van der Waals surface area contributed by atoms with E-state index in [1.165, 1.54) is 18.2 Å². The van der Waals surface area contributed by atoms with E-state index in [1.807, 2.05) is 0 Å². The summed E-state index contributed by atoms with van der Waals surface area (Å²) in [6.45, 7) is 2.12. The fraction of sp³-hybridized carbons (Fsp3) is 0.828. The molecule has 0 aromatic rings. The van der Waals surface area contributed by atoms with E-state index in [-0.39, 0.29) is 57.3 Å². The summed E-state index contributed by atoms with van der Waals surface area (Å²) in [5.41, 5.74) is 10.4. The Bertz CT molecular complexity index is 785. The molecule has 0 rings (SSSR count). The molecule has 0 saturated heterocycles. The Labute approximate surface area is 254 Å². The van der Waals surface area contributed by atoms with E-state index in [0.717, 1.165) is 0 Å².